The molecule has 0 fully saturated rings. The molecule has 1 N–H and O–H groups in total. The van der Waals surface area contributed by atoms with Crippen molar-refractivity contribution in [2.24, 2.45) is 0 Å². The van der Waals surface area contributed by atoms with Crippen LogP contribution >= 0.6 is 0 Å². The maximum Gasteiger partial charge on any atom is 0.263 e. The van der Waals surface area contributed by atoms with Crippen LogP contribution < -0.4 is 0 Å². The molecule has 66 valence electrons. The molecule has 0 saturated heterocycles. The lowest BCUT2D eigenvalue weighted by molar-refractivity contribution is -0.466. The van der Waals surface area contributed by atoms with Crippen molar-refractivity contribution < 1.29 is 10.0 Å². The average molecular weight is 177 g/mol. The number of phenols is 1. The molecule has 13 heavy (non-hydrogen) atoms. The van der Waals surface area contributed by atoms with Crippen LogP contribution in [0, 0.1) is 22.0 Å². The predicted molar refractivity (Wildman–Crippen MR) is 46.8 cm³/mol. The first-order chi connectivity index (χ1) is 6.18. The Morgan fingerprint density at radius 3 is 2.92 bits per heavy atom. The van der Waals surface area contributed by atoms with Crippen molar-refractivity contribution in [2.45, 2.75) is 0 Å². The second kappa shape index (κ2) is 4.12. The first-order valence-corrected chi connectivity index (χ1v) is 3.58. The summed E-state index contributed by atoms with van der Waals surface area (Å²) in [6.45, 7) is -0.379. The van der Waals surface area contributed by atoms with Crippen molar-refractivity contribution in [3.63, 3.8) is 0 Å². The van der Waals surface area contributed by atoms with Gasteiger partial charge in [0.05, 0.1) is 0 Å². The summed E-state index contributed by atoms with van der Waals surface area (Å²) in [4.78, 5) is 9.41. The van der Waals surface area contributed by atoms with Crippen molar-refractivity contribution in [3.8, 4) is 17.6 Å². The van der Waals surface area contributed by atoms with Crippen LogP contribution in [0.4, 0.5) is 0 Å². The third-order valence-corrected chi connectivity index (χ3v) is 1.29. The topological polar surface area (TPSA) is 63.4 Å². The summed E-state index contributed by atoms with van der Waals surface area (Å²) in [5.74, 6) is 5.04. The molecule has 0 aromatic heterocycles. The number of rotatable bonds is 1. The zero-order valence-corrected chi connectivity index (χ0v) is 6.73. The molecule has 0 atom stereocenters. The van der Waals surface area contributed by atoms with Crippen molar-refractivity contribution in [3.05, 3.63) is 39.9 Å². The summed E-state index contributed by atoms with van der Waals surface area (Å²) in [5.41, 5.74) is 0.571. The molecule has 0 aliphatic heterocycles. The number of aromatic hydroxyl groups is 1. The fourth-order valence-electron chi connectivity index (χ4n) is 0.790. The third-order valence-electron chi connectivity index (χ3n) is 1.29. The molecule has 0 aliphatic carbocycles. The highest BCUT2D eigenvalue weighted by molar-refractivity contribution is 5.39. The fraction of sp³-hybridized carbons (Fsp3) is 0.111. The first-order valence-electron chi connectivity index (χ1n) is 3.58. The predicted octanol–water partition coefficient (Wildman–Crippen LogP) is 1.02. The van der Waals surface area contributed by atoms with Crippen LogP contribution in [0.15, 0.2) is 24.3 Å². The quantitative estimate of drug-likeness (QED) is 0.395. The van der Waals surface area contributed by atoms with Crippen LogP contribution in [0.1, 0.15) is 5.56 Å². The minimum atomic E-state index is -0.504. The van der Waals surface area contributed by atoms with Crippen molar-refractivity contribution in [1.82, 2.24) is 0 Å². The van der Waals surface area contributed by atoms with Crippen LogP contribution in [0.2, 0.25) is 0 Å². The monoisotopic (exact) mass is 177 g/mol. The van der Waals surface area contributed by atoms with Gasteiger partial charge < -0.3 is 5.11 Å². The van der Waals surface area contributed by atoms with E-state index in [1.807, 2.05) is 0 Å². The van der Waals surface area contributed by atoms with Gasteiger partial charge in [-0.15, -0.1) is 0 Å². The van der Waals surface area contributed by atoms with Gasteiger partial charge in [-0.25, -0.2) is 0 Å². The Morgan fingerprint density at radius 2 is 2.31 bits per heavy atom. The van der Waals surface area contributed by atoms with E-state index in [4.69, 9.17) is 5.11 Å². The van der Waals surface area contributed by atoms with E-state index >= 15 is 0 Å². The van der Waals surface area contributed by atoms with Crippen molar-refractivity contribution in [1.29, 1.82) is 0 Å². The lowest BCUT2D eigenvalue weighted by Gasteiger charge is -1.90. The van der Waals surface area contributed by atoms with Gasteiger partial charge in [0.1, 0.15) is 5.75 Å². The second-order valence-electron chi connectivity index (χ2n) is 2.34. The number of hydrogen-bond donors (Lipinski definition) is 1. The van der Waals surface area contributed by atoms with Gasteiger partial charge in [0.15, 0.2) is 0 Å². The largest absolute Gasteiger partial charge is 0.508 e. The highest BCUT2D eigenvalue weighted by atomic mass is 16.6. The maximum atomic E-state index is 9.91. The lowest BCUT2D eigenvalue weighted by Crippen LogP contribution is -1.96. The third kappa shape index (κ3) is 3.25. The minimum absolute atomic E-state index is 0.105. The summed E-state index contributed by atoms with van der Waals surface area (Å²) in [6.07, 6.45) is 0. The molecule has 0 spiro atoms. The molecular formula is C9H7NO3. The first kappa shape index (κ1) is 9.07. The van der Waals surface area contributed by atoms with Crippen LogP contribution in [0.3, 0.4) is 0 Å². The minimum Gasteiger partial charge on any atom is -0.508 e. The summed E-state index contributed by atoms with van der Waals surface area (Å²) < 4.78 is 0. The van der Waals surface area contributed by atoms with Crippen molar-refractivity contribution in [2.75, 3.05) is 6.54 Å². The Balaban J connectivity index is 2.72. The molecule has 1 aromatic rings. The highest BCUT2D eigenvalue weighted by Gasteiger charge is 1.90. The van der Waals surface area contributed by atoms with Gasteiger partial charge in [-0.2, -0.15) is 0 Å². The molecule has 0 bridgehead atoms. The van der Waals surface area contributed by atoms with Crippen LogP contribution in [-0.2, 0) is 0 Å². The molecule has 0 saturated carbocycles. The van der Waals surface area contributed by atoms with E-state index in [1.165, 1.54) is 12.1 Å². The lowest BCUT2D eigenvalue weighted by atomic mass is 10.2. The molecule has 1 rings (SSSR count). The summed E-state index contributed by atoms with van der Waals surface area (Å²) >= 11 is 0. The van der Waals surface area contributed by atoms with Crippen LogP contribution in [0.5, 0.6) is 5.75 Å². The Bertz CT molecular complexity index is 376. The van der Waals surface area contributed by atoms with E-state index in [-0.39, 0.29) is 12.3 Å². The zero-order chi connectivity index (χ0) is 9.68. The Morgan fingerprint density at radius 1 is 1.54 bits per heavy atom. The molecule has 0 radical (unpaired) electrons. The van der Waals surface area contributed by atoms with Gasteiger partial charge >= 0.3 is 0 Å². The number of hydrogen-bond acceptors (Lipinski definition) is 3. The summed E-state index contributed by atoms with van der Waals surface area (Å²) in [7, 11) is 0. The molecule has 0 amide bonds. The highest BCUT2D eigenvalue weighted by Crippen LogP contribution is 2.09. The standard InChI is InChI=1S/C9H7NO3/c11-9-5-1-3-8(7-9)4-2-6-10(12)13/h1,3,5,7,11H,6H2. The van der Waals surface area contributed by atoms with E-state index in [1.54, 1.807) is 12.1 Å². The van der Waals surface area contributed by atoms with Crippen molar-refractivity contribution >= 4 is 0 Å². The number of nitro groups is 1. The summed E-state index contributed by atoms with van der Waals surface area (Å²) in [6, 6.07) is 6.27. The summed E-state index contributed by atoms with van der Waals surface area (Å²) in [5, 5.41) is 18.9. The average Bonchev–Trinajstić information content (AvgIpc) is 2.03. The number of phenolic OH excluding ortho intramolecular Hbond substituents is 1. The molecular weight excluding hydrogens is 170 g/mol. The van der Waals surface area contributed by atoms with Gasteiger partial charge in [0.25, 0.3) is 6.54 Å². The number of nitrogens with zero attached hydrogens (tertiary/aromatic N) is 1. The number of benzene rings is 1. The van der Waals surface area contributed by atoms with Gasteiger partial charge in [-0.3, -0.25) is 10.1 Å². The molecule has 0 aliphatic rings. The van der Waals surface area contributed by atoms with E-state index in [2.05, 4.69) is 11.8 Å². The Labute approximate surface area is 75.0 Å². The fourth-order valence-corrected chi connectivity index (χ4v) is 0.790. The van der Waals surface area contributed by atoms with Gasteiger partial charge in [0, 0.05) is 10.5 Å². The van der Waals surface area contributed by atoms with Crippen LogP contribution in [0.25, 0.3) is 0 Å². The van der Waals surface area contributed by atoms with E-state index < -0.39 is 4.92 Å². The molecule has 4 nitrogen and oxygen atoms in total. The van der Waals surface area contributed by atoms with Gasteiger partial charge in [-0.1, -0.05) is 12.0 Å². The molecule has 0 heterocycles. The smallest absolute Gasteiger partial charge is 0.263 e. The molecule has 1 aromatic carbocycles. The zero-order valence-electron chi connectivity index (χ0n) is 6.73. The molecule has 0 unspecified atom stereocenters. The van der Waals surface area contributed by atoms with E-state index in [9.17, 15) is 10.1 Å². The normalized spacial score (nSPS) is 8.62. The Kier molecular flexibility index (Phi) is 2.87. The molecule has 4 heteroatoms. The van der Waals surface area contributed by atoms with Crippen LogP contribution in [-0.4, -0.2) is 16.6 Å². The SMILES string of the molecule is O=[N+]([O-])CC#Cc1cccc(O)c1. The Hall–Kier alpha value is -2.02. The van der Waals surface area contributed by atoms with E-state index in [0.29, 0.717) is 5.56 Å². The maximum absolute atomic E-state index is 9.91. The van der Waals surface area contributed by atoms with Gasteiger partial charge in [-0.05, 0) is 24.1 Å². The van der Waals surface area contributed by atoms with E-state index in [0.717, 1.165) is 0 Å². The van der Waals surface area contributed by atoms with Gasteiger partial charge in [0.2, 0.25) is 0 Å². The second-order valence-corrected chi connectivity index (χ2v) is 2.34.